The molecule has 0 aliphatic carbocycles. The van der Waals surface area contributed by atoms with Crippen LogP contribution in [0.1, 0.15) is 0 Å². The number of carbonyl (C=O) groups excluding carboxylic acids is 1. The average Bonchev–Trinajstić information content (AvgIpc) is 2.31. The topological polar surface area (TPSA) is 70.2 Å². The summed E-state index contributed by atoms with van der Waals surface area (Å²) in [5, 5.41) is 6.01. The van der Waals surface area contributed by atoms with E-state index in [1.165, 1.54) is 6.33 Å². The summed E-state index contributed by atoms with van der Waals surface area (Å²) >= 11 is 0. The Morgan fingerprint density at radius 1 is 1.38 bits per heavy atom. The summed E-state index contributed by atoms with van der Waals surface area (Å²) in [6.07, 6.45) is 4.61. The second kappa shape index (κ2) is 5.53. The Hall–Kier alpha value is -1.53. The lowest BCUT2D eigenvalue weighted by Crippen LogP contribution is -2.46. The summed E-state index contributed by atoms with van der Waals surface area (Å²) in [5.74, 6) is -0.0169. The molecular formula is C10H15N5O. The number of rotatable bonds is 3. The van der Waals surface area contributed by atoms with E-state index in [9.17, 15) is 4.79 Å². The van der Waals surface area contributed by atoms with Gasteiger partial charge in [0, 0.05) is 26.2 Å². The molecule has 16 heavy (non-hydrogen) atoms. The zero-order valence-corrected chi connectivity index (χ0v) is 9.02. The Labute approximate surface area is 94.1 Å². The van der Waals surface area contributed by atoms with Crippen molar-refractivity contribution in [2.24, 2.45) is 0 Å². The highest BCUT2D eigenvalue weighted by molar-refractivity contribution is 5.91. The van der Waals surface area contributed by atoms with E-state index < -0.39 is 0 Å². The van der Waals surface area contributed by atoms with Gasteiger partial charge in [-0.2, -0.15) is 0 Å². The van der Waals surface area contributed by atoms with Crippen LogP contribution in [0.5, 0.6) is 0 Å². The molecule has 0 radical (unpaired) electrons. The molecule has 6 heteroatoms. The summed E-state index contributed by atoms with van der Waals surface area (Å²) in [6, 6.07) is 0. The van der Waals surface area contributed by atoms with Crippen LogP contribution >= 0.6 is 0 Å². The minimum Gasteiger partial charge on any atom is -0.322 e. The molecule has 1 amide bonds. The van der Waals surface area contributed by atoms with E-state index in [2.05, 4.69) is 25.5 Å². The molecule has 1 aliphatic heterocycles. The number of amides is 1. The van der Waals surface area contributed by atoms with Crippen molar-refractivity contribution in [1.82, 2.24) is 20.2 Å². The van der Waals surface area contributed by atoms with Crippen molar-refractivity contribution < 1.29 is 4.79 Å². The highest BCUT2D eigenvalue weighted by Crippen LogP contribution is 2.00. The maximum absolute atomic E-state index is 11.7. The molecule has 2 rings (SSSR count). The Balaban J connectivity index is 1.80. The van der Waals surface area contributed by atoms with E-state index in [1.54, 1.807) is 12.4 Å². The second-order valence-electron chi connectivity index (χ2n) is 3.70. The van der Waals surface area contributed by atoms with Gasteiger partial charge in [-0.25, -0.2) is 9.97 Å². The average molecular weight is 221 g/mol. The smallest absolute Gasteiger partial charge is 0.238 e. The first-order chi connectivity index (χ1) is 7.84. The van der Waals surface area contributed by atoms with Crippen LogP contribution in [0, 0.1) is 0 Å². The van der Waals surface area contributed by atoms with Gasteiger partial charge in [0.15, 0.2) is 0 Å². The van der Waals surface area contributed by atoms with Crippen molar-refractivity contribution in [1.29, 1.82) is 0 Å². The maximum Gasteiger partial charge on any atom is 0.238 e. The molecule has 1 aromatic heterocycles. The van der Waals surface area contributed by atoms with Gasteiger partial charge in [0.05, 0.1) is 24.6 Å². The van der Waals surface area contributed by atoms with E-state index in [-0.39, 0.29) is 5.91 Å². The zero-order chi connectivity index (χ0) is 11.2. The Morgan fingerprint density at radius 3 is 2.75 bits per heavy atom. The number of nitrogens with zero attached hydrogens (tertiary/aromatic N) is 3. The fourth-order valence-electron chi connectivity index (χ4n) is 1.64. The van der Waals surface area contributed by atoms with E-state index >= 15 is 0 Å². The van der Waals surface area contributed by atoms with Crippen LogP contribution in [0.3, 0.4) is 0 Å². The van der Waals surface area contributed by atoms with Gasteiger partial charge in [-0.15, -0.1) is 0 Å². The molecule has 0 saturated carbocycles. The van der Waals surface area contributed by atoms with E-state index in [0.717, 1.165) is 26.2 Å². The van der Waals surface area contributed by atoms with Crippen LogP contribution in [0.15, 0.2) is 18.7 Å². The third-order valence-corrected chi connectivity index (χ3v) is 2.42. The summed E-state index contributed by atoms with van der Waals surface area (Å²) in [4.78, 5) is 21.4. The summed E-state index contributed by atoms with van der Waals surface area (Å²) in [7, 11) is 0. The number of carbonyl (C=O) groups is 1. The standard InChI is InChI=1S/C10H15N5O/c16-10(7-15-3-1-11-2-4-15)14-9-5-12-8-13-6-9/h5-6,8,11H,1-4,7H2,(H,14,16). The van der Waals surface area contributed by atoms with E-state index in [4.69, 9.17) is 0 Å². The molecule has 0 atom stereocenters. The van der Waals surface area contributed by atoms with Crippen LogP contribution in [0.25, 0.3) is 0 Å². The molecule has 6 nitrogen and oxygen atoms in total. The van der Waals surface area contributed by atoms with Gasteiger partial charge in [0.2, 0.25) is 5.91 Å². The molecule has 0 aromatic carbocycles. The molecular weight excluding hydrogens is 206 g/mol. The van der Waals surface area contributed by atoms with Crippen molar-refractivity contribution in [3.8, 4) is 0 Å². The van der Waals surface area contributed by atoms with Crippen molar-refractivity contribution in [2.75, 3.05) is 38.0 Å². The first-order valence-electron chi connectivity index (χ1n) is 5.32. The maximum atomic E-state index is 11.7. The van der Waals surface area contributed by atoms with Gasteiger partial charge in [0.1, 0.15) is 6.33 Å². The van der Waals surface area contributed by atoms with Gasteiger partial charge in [-0.3, -0.25) is 9.69 Å². The largest absolute Gasteiger partial charge is 0.322 e. The van der Waals surface area contributed by atoms with Crippen molar-refractivity contribution >= 4 is 11.6 Å². The second-order valence-corrected chi connectivity index (χ2v) is 3.70. The fourth-order valence-corrected chi connectivity index (χ4v) is 1.64. The molecule has 1 aromatic rings. The minimum absolute atomic E-state index is 0.0169. The summed E-state index contributed by atoms with van der Waals surface area (Å²) in [6.45, 7) is 4.15. The lowest BCUT2D eigenvalue weighted by molar-refractivity contribution is -0.117. The number of hydrogen-bond acceptors (Lipinski definition) is 5. The molecule has 0 spiro atoms. The SMILES string of the molecule is O=C(CN1CCNCC1)Nc1cncnc1. The molecule has 1 fully saturated rings. The molecule has 0 unspecified atom stereocenters. The monoisotopic (exact) mass is 221 g/mol. The van der Waals surface area contributed by atoms with Crippen molar-refractivity contribution in [2.45, 2.75) is 0 Å². The quantitative estimate of drug-likeness (QED) is 0.707. The van der Waals surface area contributed by atoms with E-state index in [0.29, 0.717) is 12.2 Å². The van der Waals surface area contributed by atoms with Gasteiger partial charge < -0.3 is 10.6 Å². The van der Waals surface area contributed by atoms with Crippen molar-refractivity contribution in [3.05, 3.63) is 18.7 Å². The van der Waals surface area contributed by atoms with Gasteiger partial charge in [-0.05, 0) is 0 Å². The number of nitrogens with one attached hydrogen (secondary N) is 2. The Morgan fingerprint density at radius 2 is 2.06 bits per heavy atom. The molecule has 0 bridgehead atoms. The Bertz CT molecular complexity index is 336. The third kappa shape index (κ3) is 3.25. The number of hydrogen-bond donors (Lipinski definition) is 2. The van der Waals surface area contributed by atoms with Crippen LogP contribution in [0.2, 0.25) is 0 Å². The molecule has 2 N–H and O–H groups in total. The fraction of sp³-hybridized carbons (Fsp3) is 0.500. The van der Waals surface area contributed by atoms with Gasteiger partial charge in [-0.1, -0.05) is 0 Å². The number of anilines is 1. The molecule has 86 valence electrons. The van der Waals surface area contributed by atoms with Crippen LogP contribution < -0.4 is 10.6 Å². The normalized spacial score (nSPS) is 17.0. The highest BCUT2D eigenvalue weighted by atomic mass is 16.2. The number of aromatic nitrogens is 2. The van der Waals surface area contributed by atoms with E-state index in [1.807, 2.05) is 0 Å². The van der Waals surface area contributed by atoms with Crippen LogP contribution in [-0.4, -0.2) is 53.5 Å². The van der Waals surface area contributed by atoms with Crippen molar-refractivity contribution in [3.63, 3.8) is 0 Å². The predicted molar refractivity (Wildman–Crippen MR) is 60.0 cm³/mol. The molecule has 1 saturated heterocycles. The highest BCUT2D eigenvalue weighted by Gasteiger charge is 2.13. The molecule has 1 aliphatic rings. The Kier molecular flexibility index (Phi) is 3.79. The van der Waals surface area contributed by atoms with Crippen LogP contribution in [-0.2, 0) is 4.79 Å². The first kappa shape index (κ1) is 11.0. The molecule has 2 heterocycles. The van der Waals surface area contributed by atoms with Gasteiger partial charge in [0.25, 0.3) is 0 Å². The summed E-state index contributed by atoms with van der Waals surface area (Å²) < 4.78 is 0. The number of piperazine rings is 1. The van der Waals surface area contributed by atoms with Gasteiger partial charge >= 0.3 is 0 Å². The summed E-state index contributed by atoms with van der Waals surface area (Å²) in [5.41, 5.74) is 0.641. The minimum atomic E-state index is -0.0169. The zero-order valence-electron chi connectivity index (χ0n) is 9.02. The lowest BCUT2D eigenvalue weighted by Gasteiger charge is -2.26. The predicted octanol–water partition coefficient (Wildman–Crippen LogP) is -0.680. The first-order valence-corrected chi connectivity index (χ1v) is 5.32. The van der Waals surface area contributed by atoms with Crippen LogP contribution in [0.4, 0.5) is 5.69 Å². The third-order valence-electron chi connectivity index (χ3n) is 2.42. The lowest BCUT2D eigenvalue weighted by atomic mass is 10.3.